The van der Waals surface area contributed by atoms with Crippen LogP contribution in [0.2, 0.25) is 0 Å². The fraction of sp³-hybridized carbons (Fsp3) is 0.364. The summed E-state index contributed by atoms with van der Waals surface area (Å²) in [6.07, 6.45) is 0.988. The number of amides is 1. The molecule has 2 rings (SSSR count). The van der Waals surface area contributed by atoms with E-state index in [-0.39, 0.29) is 11.0 Å². The standard InChI is InChI=1S/C22H28N2O4S/c1-16(2)11-12-27-20-6-4-5-18(15-20)23-22(29)24-21(25)17-7-9-19(10-8-17)28-14-13-26-3/h4-10,15-16H,11-14H2,1-3H3,(H2,23,24,25,29). The van der Waals surface area contributed by atoms with Crippen molar-refractivity contribution in [1.29, 1.82) is 0 Å². The van der Waals surface area contributed by atoms with Crippen LogP contribution in [0.4, 0.5) is 5.69 Å². The molecule has 29 heavy (non-hydrogen) atoms. The number of carbonyl (C=O) groups excluding carboxylic acids is 1. The largest absolute Gasteiger partial charge is 0.494 e. The van der Waals surface area contributed by atoms with Crippen molar-refractivity contribution in [3.8, 4) is 11.5 Å². The van der Waals surface area contributed by atoms with E-state index in [1.165, 1.54) is 0 Å². The third kappa shape index (κ3) is 8.50. The molecular formula is C22H28N2O4S. The number of hydrogen-bond acceptors (Lipinski definition) is 5. The molecule has 0 atom stereocenters. The van der Waals surface area contributed by atoms with Gasteiger partial charge in [-0.1, -0.05) is 19.9 Å². The Bertz CT molecular complexity index is 794. The number of methoxy groups -OCH3 is 1. The fourth-order valence-corrected chi connectivity index (χ4v) is 2.57. The van der Waals surface area contributed by atoms with Crippen LogP contribution in [-0.2, 0) is 4.74 Å². The van der Waals surface area contributed by atoms with Crippen molar-refractivity contribution in [2.24, 2.45) is 5.92 Å². The Morgan fingerprint density at radius 2 is 1.72 bits per heavy atom. The summed E-state index contributed by atoms with van der Waals surface area (Å²) in [4.78, 5) is 12.4. The second-order valence-electron chi connectivity index (χ2n) is 6.83. The maximum atomic E-state index is 12.4. The van der Waals surface area contributed by atoms with Gasteiger partial charge < -0.3 is 19.5 Å². The highest BCUT2D eigenvalue weighted by molar-refractivity contribution is 7.80. The van der Waals surface area contributed by atoms with E-state index in [4.69, 9.17) is 26.4 Å². The van der Waals surface area contributed by atoms with E-state index in [0.717, 1.165) is 17.9 Å². The van der Waals surface area contributed by atoms with Crippen molar-refractivity contribution in [2.75, 3.05) is 32.2 Å². The van der Waals surface area contributed by atoms with Crippen LogP contribution in [0, 0.1) is 5.92 Å². The molecule has 0 saturated carbocycles. The van der Waals surface area contributed by atoms with Gasteiger partial charge in [0.25, 0.3) is 5.91 Å². The molecule has 0 spiro atoms. The van der Waals surface area contributed by atoms with Crippen LogP contribution in [0.25, 0.3) is 0 Å². The predicted molar refractivity (Wildman–Crippen MR) is 119 cm³/mol. The van der Waals surface area contributed by atoms with E-state index in [1.807, 2.05) is 24.3 Å². The van der Waals surface area contributed by atoms with E-state index in [9.17, 15) is 4.79 Å². The quantitative estimate of drug-likeness (QED) is 0.445. The highest BCUT2D eigenvalue weighted by Gasteiger charge is 2.09. The van der Waals surface area contributed by atoms with E-state index < -0.39 is 0 Å². The maximum Gasteiger partial charge on any atom is 0.257 e. The Kier molecular flexibility index (Phi) is 9.40. The summed E-state index contributed by atoms with van der Waals surface area (Å²) < 4.78 is 16.2. The molecule has 0 aromatic heterocycles. The minimum absolute atomic E-state index is 0.217. The molecule has 6 nitrogen and oxygen atoms in total. The Morgan fingerprint density at radius 1 is 1.00 bits per heavy atom. The van der Waals surface area contributed by atoms with Gasteiger partial charge >= 0.3 is 0 Å². The van der Waals surface area contributed by atoms with Crippen LogP contribution >= 0.6 is 12.2 Å². The number of carbonyl (C=O) groups is 1. The van der Waals surface area contributed by atoms with Gasteiger partial charge in [-0.25, -0.2) is 0 Å². The number of anilines is 1. The van der Waals surface area contributed by atoms with Gasteiger partial charge in [-0.3, -0.25) is 10.1 Å². The smallest absolute Gasteiger partial charge is 0.257 e. The van der Waals surface area contributed by atoms with E-state index in [0.29, 0.717) is 37.1 Å². The lowest BCUT2D eigenvalue weighted by molar-refractivity contribution is 0.0977. The van der Waals surface area contributed by atoms with Gasteiger partial charge in [-0.2, -0.15) is 0 Å². The average Bonchev–Trinajstić information content (AvgIpc) is 2.68. The molecule has 0 bridgehead atoms. The first-order chi connectivity index (χ1) is 14.0. The van der Waals surface area contributed by atoms with Gasteiger partial charge in [0.05, 0.1) is 13.2 Å². The Balaban J connectivity index is 1.84. The zero-order valence-corrected chi connectivity index (χ0v) is 17.9. The van der Waals surface area contributed by atoms with E-state index >= 15 is 0 Å². The van der Waals surface area contributed by atoms with Gasteiger partial charge in [-0.05, 0) is 61.0 Å². The second-order valence-corrected chi connectivity index (χ2v) is 7.24. The molecule has 2 aromatic rings. The van der Waals surface area contributed by atoms with Crippen LogP contribution < -0.4 is 20.1 Å². The van der Waals surface area contributed by atoms with Crippen LogP contribution in [0.5, 0.6) is 11.5 Å². The van der Waals surface area contributed by atoms with Crippen LogP contribution in [0.15, 0.2) is 48.5 Å². The van der Waals surface area contributed by atoms with Crippen molar-refractivity contribution in [1.82, 2.24) is 5.32 Å². The third-order valence-electron chi connectivity index (χ3n) is 3.96. The van der Waals surface area contributed by atoms with Crippen molar-refractivity contribution >= 4 is 28.9 Å². The van der Waals surface area contributed by atoms with Gasteiger partial charge in [0, 0.05) is 24.4 Å². The molecule has 0 radical (unpaired) electrons. The summed E-state index contributed by atoms with van der Waals surface area (Å²) in [7, 11) is 1.61. The molecule has 2 N–H and O–H groups in total. The van der Waals surface area contributed by atoms with Crippen LogP contribution in [-0.4, -0.2) is 38.0 Å². The molecule has 0 heterocycles. The number of ether oxygens (including phenoxy) is 3. The molecule has 1 amide bonds. The SMILES string of the molecule is COCCOc1ccc(C(=O)NC(=S)Nc2cccc(OCCC(C)C)c2)cc1. The van der Waals surface area contributed by atoms with Gasteiger partial charge in [0.15, 0.2) is 5.11 Å². The lowest BCUT2D eigenvalue weighted by atomic mass is 10.1. The molecule has 156 valence electrons. The lowest BCUT2D eigenvalue weighted by Gasteiger charge is -2.12. The first-order valence-electron chi connectivity index (χ1n) is 9.55. The second kappa shape index (κ2) is 12.0. The van der Waals surface area contributed by atoms with Crippen molar-refractivity contribution in [3.05, 3.63) is 54.1 Å². The first-order valence-corrected chi connectivity index (χ1v) is 9.95. The number of rotatable bonds is 10. The summed E-state index contributed by atoms with van der Waals surface area (Å²) >= 11 is 5.25. The maximum absolute atomic E-state index is 12.4. The molecule has 7 heteroatoms. The molecular weight excluding hydrogens is 388 g/mol. The zero-order valence-electron chi connectivity index (χ0n) is 17.1. The van der Waals surface area contributed by atoms with E-state index in [1.54, 1.807) is 31.4 Å². The molecule has 0 saturated heterocycles. The highest BCUT2D eigenvalue weighted by atomic mass is 32.1. The predicted octanol–water partition coefficient (Wildman–Crippen LogP) is 4.26. The average molecular weight is 417 g/mol. The first kappa shape index (κ1) is 22.6. The molecule has 0 fully saturated rings. The number of hydrogen-bond donors (Lipinski definition) is 2. The van der Waals surface area contributed by atoms with Gasteiger partial charge in [0.1, 0.15) is 18.1 Å². The minimum atomic E-state index is -0.296. The molecule has 0 aliphatic heterocycles. The lowest BCUT2D eigenvalue weighted by Crippen LogP contribution is -2.34. The molecule has 0 unspecified atom stereocenters. The van der Waals surface area contributed by atoms with Crippen molar-refractivity contribution in [2.45, 2.75) is 20.3 Å². The molecule has 0 aliphatic carbocycles. The zero-order chi connectivity index (χ0) is 21.1. The summed E-state index contributed by atoms with van der Waals surface area (Å²) in [5.41, 5.74) is 1.23. The van der Waals surface area contributed by atoms with E-state index in [2.05, 4.69) is 24.5 Å². The monoisotopic (exact) mass is 416 g/mol. The Labute approximate surface area is 177 Å². The molecule has 2 aromatic carbocycles. The highest BCUT2D eigenvalue weighted by Crippen LogP contribution is 2.18. The summed E-state index contributed by atoms with van der Waals surface area (Å²) in [6.45, 7) is 5.94. The van der Waals surface area contributed by atoms with Crippen molar-refractivity contribution < 1.29 is 19.0 Å². The Hall–Kier alpha value is -2.64. The number of benzene rings is 2. The number of nitrogens with one attached hydrogen (secondary N) is 2. The minimum Gasteiger partial charge on any atom is -0.494 e. The normalized spacial score (nSPS) is 10.5. The number of thiocarbonyl (C=S) groups is 1. The molecule has 0 aliphatic rings. The Morgan fingerprint density at radius 3 is 2.41 bits per heavy atom. The summed E-state index contributed by atoms with van der Waals surface area (Å²) in [5.74, 6) is 1.72. The van der Waals surface area contributed by atoms with Crippen molar-refractivity contribution in [3.63, 3.8) is 0 Å². The van der Waals surface area contributed by atoms with Gasteiger partial charge in [0.2, 0.25) is 0 Å². The summed E-state index contributed by atoms with van der Waals surface area (Å²) in [6, 6.07) is 14.3. The van der Waals surface area contributed by atoms with Crippen LogP contribution in [0.1, 0.15) is 30.6 Å². The fourth-order valence-electron chi connectivity index (χ4n) is 2.36. The summed E-state index contributed by atoms with van der Waals surface area (Å²) in [5, 5.41) is 5.90. The van der Waals surface area contributed by atoms with Crippen LogP contribution in [0.3, 0.4) is 0 Å². The van der Waals surface area contributed by atoms with Gasteiger partial charge in [-0.15, -0.1) is 0 Å². The third-order valence-corrected chi connectivity index (χ3v) is 4.16. The topological polar surface area (TPSA) is 68.8 Å².